The molecule has 1 aromatic carbocycles. The van der Waals surface area contributed by atoms with Crippen molar-refractivity contribution in [2.24, 2.45) is 7.05 Å². The second-order valence-electron chi connectivity index (χ2n) is 6.80. The van der Waals surface area contributed by atoms with E-state index >= 15 is 0 Å². The number of fused-ring (bicyclic) bond motifs is 5. The van der Waals surface area contributed by atoms with Crippen LogP contribution >= 0.6 is 11.3 Å². The molecule has 0 radical (unpaired) electrons. The van der Waals surface area contributed by atoms with Crippen LogP contribution in [0.4, 0.5) is 5.13 Å². The van der Waals surface area contributed by atoms with Gasteiger partial charge in [-0.05, 0) is 25.0 Å². The van der Waals surface area contributed by atoms with E-state index in [0.717, 1.165) is 28.9 Å². The Balaban J connectivity index is 1.51. The number of benzene rings is 1. The summed E-state index contributed by atoms with van der Waals surface area (Å²) in [5.74, 6) is 0. The van der Waals surface area contributed by atoms with Gasteiger partial charge in [0, 0.05) is 50.2 Å². The van der Waals surface area contributed by atoms with Crippen LogP contribution in [-0.2, 0) is 7.05 Å². The van der Waals surface area contributed by atoms with Crippen LogP contribution in [0, 0.1) is 0 Å². The molecule has 0 amide bonds. The van der Waals surface area contributed by atoms with E-state index in [1.54, 1.807) is 11.3 Å². The van der Waals surface area contributed by atoms with Gasteiger partial charge in [0.15, 0.2) is 5.01 Å². The smallest absolute Gasteiger partial charge is 0.208 e. The van der Waals surface area contributed by atoms with Crippen molar-refractivity contribution in [1.29, 1.82) is 0 Å². The van der Waals surface area contributed by atoms with Gasteiger partial charge in [-0.25, -0.2) is 0 Å². The van der Waals surface area contributed by atoms with Crippen molar-refractivity contribution in [3.63, 3.8) is 0 Å². The van der Waals surface area contributed by atoms with E-state index in [1.807, 2.05) is 0 Å². The van der Waals surface area contributed by atoms with Crippen LogP contribution in [0.3, 0.4) is 0 Å². The maximum atomic E-state index is 4.55. The predicted octanol–water partition coefficient (Wildman–Crippen LogP) is 2.98. The molecule has 3 aliphatic heterocycles. The highest BCUT2D eigenvalue weighted by Crippen LogP contribution is 2.34. The normalized spacial score (nSPS) is 23.8. The van der Waals surface area contributed by atoms with Gasteiger partial charge >= 0.3 is 0 Å². The van der Waals surface area contributed by atoms with Gasteiger partial charge in [-0.3, -0.25) is 0 Å². The first-order valence-corrected chi connectivity index (χ1v) is 9.48. The maximum absolute atomic E-state index is 4.55. The van der Waals surface area contributed by atoms with Crippen LogP contribution in [0.5, 0.6) is 0 Å². The summed E-state index contributed by atoms with van der Waals surface area (Å²) in [6.07, 6.45) is 2.51. The molecule has 2 bridgehead atoms. The van der Waals surface area contributed by atoms with Crippen molar-refractivity contribution >= 4 is 27.4 Å². The molecule has 0 unspecified atom stereocenters. The minimum absolute atomic E-state index is 0.636. The minimum Gasteiger partial charge on any atom is -0.342 e. The van der Waals surface area contributed by atoms with Gasteiger partial charge in [-0.2, -0.15) is 0 Å². The lowest BCUT2D eigenvalue weighted by Gasteiger charge is -2.30. The number of hydrogen-bond donors (Lipinski definition) is 0. The Hall–Kier alpha value is -1.92. The number of rotatable bonds is 2. The number of piperidine rings is 1. The minimum atomic E-state index is 0.636. The molecule has 124 valence electrons. The van der Waals surface area contributed by atoms with E-state index in [-0.39, 0.29) is 0 Å². The second kappa shape index (κ2) is 5.57. The van der Waals surface area contributed by atoms with Crippen LogP contribution in [0.1, 0.15) is 12.8 Å². The van der Waals surface area contributed by atoms with Crippen LogP contribution in [-0.4, -0.2) is 51.9 Å². The summed E-state index contributed by atoms with van der Waals surface area (Å²) in [6, 6.07) is 11.3. The molecular formula is C18H21N5S. The highest BCUT2D eigenvalue weighted by Gasteiger charge is 2.31. The third-order valence-electron chi connectivity index (χ3n) is 5.49. The molecule has 3 fully saturated rings. The number of aromatic nitrogens is 3. The average Bonchev–Trinajstić information content (AvgIpc) is 3.10. The zero-order valence-electron chi connectivity index (χ0n) is 13.9. The monoisotopic (exact) mass is 339 g/mol. The van der Waals surface area contributed by atoms with Crippen LogP contribution in [0.25, 0.3) is 21.6 Å². The van der Waals surface area contributed by atoms with Gasteiger partial charge in [0.1, 0.15) is 0 Å². The largest absolute Gasteiger partial charge is 0.342 e. The lowest BCUT2D eigenvalue weighted by Crippen LogP contribution is -2.37. The number of aryl methyl sites for hydroxylation is 1. The SMILES string of the molecule is Cn1c(-c2nnc(N3CCN4CCC3CC4)s2)cc2ccccc21. The van der Waals surface area contributed by atoms with Gasteiger partial charge in [-0.1, -0.05) is 29.5 Å². The molecule has 0 aliphatic carbocycles. The van der Waals surface area contributed by atoms with E-state index in [9.17, 15) is 0 Å². The van der Waals surface area contributed by atoms with Crippen molar-refractivity contribution in [3.05, 3.63) is 30.3 Å². The first-order chi connectivity index (χ1) is 11.8. The summed E-state index contributed by atoms with van der Waals surface area (Å²) < 4.78 is 2.22. The van der Waals surface area contributed by atoms with E-state index in [0.29, 0.717) is 6.04 Å². The van der Waals surface area contributed by atoms with Gasteiger partial charge in [0.05, 0.1) is 5.69 Å². The molecule has 3 aromatic rings. The molecule has 5 nitrogen and oxygen atoms in total. The standard InChI is InChI=1S/C18H21N5S/c1-21-15-5-3-2-4-13(15)12-16(21)17-19-20-18(24-17)23-11-10-22-8-6-14(23)7-9-22/h2-5,12,14H,6-11H2,1H3. The molecule has 3 saturated heterocycles. The number of nitrogens with zero attached hydrogens (tertiary/aromatic N) is 5. The Kier molecular flexibility index (Phi) is 3.35. The molecule has 2 aromatic heterocycles. The van der Waals surface area contributed by atoms with E-state index in [2.05, 4.69) is 61.9 Å². The Morgan fingerprint density at radius 3 is 2.71 bits per heavy atom. The Morgan fingerprint density at radius 2 is 1.88 bits per heavy atom. The molecule has 0 atom stereocenters. The molecule has 3 aliphatic rings. The first kappa shape index (κ1) is 14.4. The molecule has 0 spiro atoms. The maximum Gasteiger partial charge on any atom is 0.208 e. The Bertz CT molecular complexity index is 875. The first-order valence-electron chi connectivity index (χ1n) is 8.67. The topological polar surface area (TPSA) is 37.2 Å². The van der Waals surface area contributed by atoms with Crippen LogP contribution < -0.4 is 4.90 Å². The summed E-state index contributed by atoms with van der Waals surface area (Å²) in [4.78, 5) is 5.07. The Labute approximate surface area is 145 Å². The molecule has 6 heteroatoms. The Morgan fingerprint density at radius 1 is 1.04 bits per heavy atom. The predicted molar refractivity (Wildman–Crippen MR) is 98.6 cm³/mol. The van der Waals surface area contributed by atoms with Crippen LogP contribution in [0.2, 0.25) is 0 Å². The fraction of sp³-hybridized carbons (Fsp3) is 0.444. The lowest BCUT2D eigenvalue weighted by atomic mass is 10.1. The zero-order valence-corrected chi connectivity index (χ0v) is 14.7. The lowest BCUT2D eigenvalue weighted by molar-refractivity contribution is 0.250. The third-order valence-corrected chi connectivity index (χ3v) is 6.47. The molecule has 24 heavy (non-hydrogen) atoms. The summed E-state index contributed by atoms with van der Waals surface area (Å²) in [7, 11) is 2.11. The van der Waals surface area contributed by atoms with Crippen molar-refractivity contribution in [3.8, 4) is 10.7 Å². The van der Waals surface area contributed by atoms with Gasteiger partial charge in [-0.15, -0.1) is 10.2 Å². The van der Waals surface area contributed by atoms with Gasteiger partial charge in [0.25, 0.3) is 0 Å². The number of hydrogen-bond acceptors (Lipinski definition) is 5. The van der Waals surface area contributed by atoms with Crippen molar-refractivity contribution in [1.82, 2.24) is 19.7 Å². The summed E-state index contributed by atoms with van der Waals surface area (Å²) in [5.41, 5.74) is 2.40. The average molecular weight is 339 g/mol. The summed E-state index contributed by atoms with van der Waals surface area (Å²) in [5, 5.41) is 12.4. The summed E-state index contributed by atoms with van der Waals surface area (Å²) >= 11 is 1.73. The third kappa shape index (κ3) is 2.24. The number of anilines is 1. The molecule has 0 saturated carbocycles. The summed E-state index contributed by atoms with van der Waals surface area (Å²) in [6.45, 7) is 4.69. The van der Waals surface area contributed by atoms with Gasteiger partial charge < -0.3 is 14.4 Å². The highest BCUT2D eigenvalue weighted by molar-refractivity contribution is 7.18. The molecule has 0 N–H and O–H groups in total. The quantitative estimate of drug-likeness (QED) is 0.719. The molecule has 6 rings (SSSR count). The van der Waals surface area contributed by atoms with Crippen molar-refractivity contribution in [2.45, 2.75) is 18.9 Å². The highest BCUT2D eigenvalue weighted by atomic mass is 32.1. The van der Waals surface area contributed by atoms with Crippen molar-refractivity contribution < 1.29 is 0 Å². The molecular weight excluding hydrogens is 318 g/mol. The van der Waals surface area contributed by atoms with E-state index in [1.165, 1.54) is 36.8 Å². The van der Waals surface area contributed by atoms with E-state index in [4.69, 9.17) is 0 Å². The zero-order chi connectivity index (χ0) is 16.1. The van der Waals surface area contributed by atoms with Gasteiger partial charge in [0.2, 0.25) is 5.13 Å². The fourth-order valence-corrected chi connectivity index (χ4v) is 5.06. The number of para-hydroxylation sites is 1. The van der Waals surface area contributed by atoms with E-state index < -0.39 is 0 Å². The van der Waals surface area contributed by atoms with Crippen molar-refractivity contribution in [2.75, 3.05) is 31.1 Å². The van der Waals surface area contributed by atoms with Crippen LogP contribution in [0.15, 0.2) is 30.3 Å². The molecule has 5 heterocycles. The second-order valence-corrected chi connectivity index (χ2v) is 7.76. The fourth-order valence-electron chi connectivity index (χ4n) is 4.07.